The Bertz CT molecular complexity index is 548. The van der Waals surface area contributed by atoms with Crippen molar-refractivity contribution < 1.29 is 13.2 Å². The number of hydrogen-bond acceptors (Lipinski definition) is 7. The number of aromatic nitrogens is 2. The highest BCUT2D eigenvalue weighted by atomic mass is 32.2. The standard InChI is InChI=1S/C12H23N5O3S/c1-5-6-13-11-10(20-4)12(16-9-15-11)14-7-8-21(18,19)17(2)3/h9H,5-8H2,1-4H3,(H2,13,14,15,16). The van der Waals surface area contributed by atoms with Gasteiger partial charge in [0, 0.05) is 27.2 Å². The molecule has 0 saturated heterocycles. The summed E-state index contributed by atoms with van der Waals surface area (Å²) in [5.41, 5.74) is 0. The van der Waals surface area contributed by atoms with Gasteiger partial charge in [-0.25, -0.2) is 22.7 Å². The van der Waals surface area contributed by atoms with Crippen LogP contribution in [0.1, 0.15) is 13.3 Å². The molecule has 0 aliphatic rings. The first-order chi connectivity index (χ1) is 9.92. The lowest BCUT2D eigenvalue weighted by atomic mass is 10.4. The van der Waals surface area contributed by atoms with E-state index in [1.807, 2.05) is 6.92 Å². The van der Waals surface area contributed by atoms with E-state index in [9.17, 15) is 8.42 Å². The van der Waals surface area contributed by atoms with Gasteiger partial charge in [0.1, 0.15) is 6.33 Å². The number of nitrogens with zero attached hydrogens (tertiary/aromatic N) is 3. The molecule has 1 aromatic rings. The van der Waals surface area contributed by atoms with Crippen LogP contribution in [0.15, 0.2) is 6.33 Å². The Morgan fingerprint density at radius 2 is 1.76 bits per heavy atom. The van der Waals surface area contributed by atoms with Crippen LogP contribution in [0, 0.1) is 0 Å². The monoisotopic (exact) mass is 317 g/mol. The van der Waals surface area contributed by atoms with Gasteiger partial charge in [-0.1, -0.05) is 6.92 Å². The molecule has 21 heavy (non-hydrogen) atoms. The molecule has 0 atom stereocenters. The van der Waals surface area contributed by atoms with Crippen molar-refractivity contribution in [3.8, 4) is 5.75 Å². The molecule has 0 fully saturated rings. The van der Waals surface area contributed by atoms with Crippen molar-refractivity contribution >= 4 is 21.7 Å². The minimum absolute atomic E-state index is 0.0229. The highest BCUT2D eigenvalue weighted by Crippen LogP contribution is 2.28. The van der Waals surface area contributed by atoms with Crippen molar-refractivity contribution in [3.63, 3.8) is 0 Å². The molecule has 2 N–H and O–H groups in total. The fourth-order valence-corrected chi connectivity index (χ4v) is 2.27. The first kappa shape index (κ1) is 17.4. The van der Waals surface area contributed by atoms with Crippen molar-refractivity contribution in [2.45, 2.75) is 13.3 Å². The summed E-state index contributed by atoms with van der Waals surface area (Å²) in [7, 11) is 1.30. The van der Waals surface area contributed by atoms with Crippen LogP contribution in [0.25, 0.3) is 0 Å². The molecule has 1 rings (SSSR count). The Balaban J connectivity index is 2.75. The largest absolute Gasteiger partial charge is 0.490 e. The molecule has 9 heteroatoms. The van der Waals surface area contributed by atoms with Crippen LogP contribution in [-0.2, 0) is 10.0 Å². The van der Waals surface area contributed by atoms with E-state index in [0.717, 1.165) is 13.0 Å². The topological polar surface area (TPSA) is 96.4 Å². The molecule has 0 saturated carbocycles. The molecule has 1 aromatic heterocycles. The molecular weight excluding hydrogens is 294 g/mol. The maximum absolute atomic E-state index is 11.7. The van der Waals surface area contributed by atoms with Gasteiger partial charge in [-0.3, -0.25) is 0 Å². The van der Waals surface area contributed by atoms with Crippen molar-refractivity contribution in [1.29, 1.82) is 0 Å². The predicted octanol–water partition coefficient (Wildman–Crippen LogP) is 0.610. The van der Waals surface area contributed by atoms with Gasteiger partial charge < -0.3 is 15.4 Å². The Labute approximate surface area is 126 Å². The first-order valence-corrected chi connectivity index (χ1v) is 8.30. The summed E-state index contributed by atoms with van der Waals surface area (Å²) in [5.74, 6) is 1.52. The van der Waals surface area contributed by atoms with Gasteiger partial charge in [0.15, 0.2) is 11.6 Å². The zero-order chi connectivity index (χ0) is 15.9. The van der Waals surface area contributed by atoms with Gasteiger partial charge in [0.2, 0.25) is 15.8 Å². The first-order valence-electron chi connectivity index (χ1n) is 6.69. The SMILES string of the molecule is CCCNc1ncnc(NCCS(=O)(=O)N(C)C)c1OC. The second-order valence-electron chi connectivity index (χ2n) is 4.56. The second kappa shape index (κ2) is 7.99. The third-order valence-electron chi connectivity index (χ3n) is 2.76. The number of rotatable bonds is 9. The summed E-state index contributed by atoms with van der Waals surface area (Å²) in [6.45, 7) is 3.05. The summed E-state index contributed by atoms with van der Waals surface area (Å²) in [6.07, 6.45) is 2.36. The summed E-state index contributed by atoms with van der Waals surface area (Å²) in [5, 5.41) is 6.11. The predicted molar refractivity (Wildman–Crippen MR) is 83.3 cm³/mol. The number of nitrogens with one attached hydrogen (secondary N) is 2. The minimum atomic E-state index is -3.24. The van der Waals surface area contributed by atoms with Gasteiger partial charge in [0.05, 0.1) is 12.9 Å². The zero-order valence-corrected chi connectivity index (χ0v) is 13.7. The van der Waals surface area contributed by atoms with Crippen LogP contribution < -0.4 is 15.4 Å². The lowest BCUT2D eigenvalue weighted by molar-refractivity contribution is 0.414. The number of ether oxygens (including phenoxy) is 1. The summed E-state index contributed by atoms with van der Waals surface area (Å²) in [6, 6.07) is 0. The van der Waals surface area contributed by atoms with Crippen LogP contribution in [0.3, 0.4) is 0 Å². The van der Waals surface area contributed by atoms with Crippen LogP contribution in [0.4, 0.5) is 11.6 Å². The van der Waals surface area contributed by atoms with E-state index < -0.39 is 10.0 Å². The average Bonchev–Trinajstić information content (AvgIpc) is 2.44. The maximum atomic E-state index is 11.7. The lowest BCUT2D eigenvalue weighted by Gasteiger charge is -2.15. The van der Waals surface area contributed by atoms with E-state index in [4.69, 9.17) is 4.74 Å². The number of hydrogen-bond donors (Lipinski definition) is 2. The molecule has 0 aliphatic heterocycles. The Morgan fingerprint density at radius 3 is 2.24 bits per heavy atom. The van der Waals surface area contributed by atoms with Gasteiger partial charge >= 0.3 is 0 Å². The lowest BCUT2D eigenvalue weighted by Crippen LogP contribution is -2.28. The summed E-state index contributed by atoms with van der Waals surface area (Å²) >= 11 is 0. The van der Waals surface area contributed by atoms with E-state index >= 15 is 0 Å². The fourth-order valence-electron chi connectivity index (χ4n) is 1.54. The zero-order valence-electron chi connectivity index (χ0n) is 12.9. The molecule has 0 spiro atoms. The van der Waals surface area contributed by atoms with Crippen LogP contribution in [0.2, 0.25) is 0 Å². The second-order valence-corrected chi connectivity index (χ2v) is 6.86. The molecular formula is C12H23N5O3S. The highest BCUT2D eigenvalue weighted by molar-refractivity contribution is 7.89. The van der Waals surface area contributed by atoms with E-state index in [1.54, 1.807) is 0 Å². The fraction of sp³-hybridized carbons (Fsp3) is 0.667. The van der Waals surface area contributed by atoms with Gasteiger partial charge in [-0.15, -0.1) is 0 Å². The summed E-state index contributed by atoms with van der Waals surface area (Å²) in [4.78, 5) is 8.21. The van der Waals surface area contributed by atoms with E-state index in [1.165, 1.54) is 31.8 Å². The Hall–Kier alpha value is -1.61. The van der Waals surface area contributed by atoms with E-state index in [2.05, 4.69) is 20.6 Å². The molecule has 0 radical (unpaired) electrons. The molecule has 0 amide bonds. The average molecular weight is 317 g/mol. The third-order valence-corrected chi connectivity index (χ3v) is 4.59. The molecule has 0 aliphatic carbocycles. The molecule has 0 unspecified atom stereocenters. The van der Waals surface area contributed by atoms with Crippen LogP contribution in [-0.4, -0.2) is 62.7 Å². The number of sulfonamides is 1. The third kappa shape index (κ3) is 5.01. The molecule has 0 bridgehead atoms. The van der Waals surface area contributed by atoms with Gasteiger partial charge in [-0.2, -0.15) is 0 Å². The van der Waals surface area contributed by atoms with Crippen LogP contribution >= 0.6 is 0 Å². The molecule has 1 heterocycles. The van der Waals surface area contributed by atoms with Crippen molar-refractivity contribution in [3.05, 3.63) is 6.33 Å². The van der Waals surface area contributed by atoms with Crippen molar-refractivity contribution in [1.82, 2.24) is 14.3 Å². The van der Waals surface area contributed by atoms with Gasteiger partial charge in [-0.05, 0) is 6.42 Å². The summed E-state index contributed by atoms with van der Waals surface area (Å²) < 4.78 is 29.9. The normalized spacial score (nSPS) is 11.5. The molecule has 0 aromatic carbocycles. The van der Waals surface area contributed by atoms with E-state index in [-0.39, 0.29) is 12.3 Å². The van der Waals surface area contributed by atoms with E-state index in [0.29, 0.717) is 17.4 Å². The maximum Gasteiger partial charge on any atom is 0.215 e. The Morgan fingerprint density at radius 1 is 1.19 bits per heavy atom. The smallest absolute Gasteiger partial charge is 0.215 e. The number of anilines is 2. The minimum Gasteiger partial charge on any atom is -0.490 e. The highest BCUT2D eigenvalue weighted by Gasteiger charge is 2.15. The quantitative estimate of drug-likeness (QED) is 0.689. The Kier molecular flexibility index (Phi) is 6.63. The molecule has 8 nitrogen and oxygen atoms in total. The van der Waals surface area contributed by atoms with Gasteiger partial charge in [0.25, 0.3) is 0 Å². The van der Waals surface area contributed by atoms with Crippen molar-refractivity contribution in [2.75, 3.05) is 50.7 Å². The molecule has 120 valence electrons. The number of methoxy groups -OCH3 is 1. The van der Waals surface area contributed by atoms with Crippen molar-refractivity contribution in [2.24, 2.45) is 0 Å². The van der Waals surface area contributed by atoms with Crippen LogP contribution in [0.5, 0.6) is 5.75 Å².